The van der Waals surface area contributed by atoms with Crippen LogP contribution < -0.4 is 14.7 Å². The Kier molecular flexibility index (Phi) is 4.27. The maximum atomic E-state index is 12.7. The van der Waals surface area contributed by atoms with Crippen LogP contribution in [0, 0.1) is 0 Å². The minimum atomic E-state index is -1.58. The van der Waals surface area contributed by atoms with Gasteiger partial charge >= 0.3 is 5.97 Å². The molecule has 8 heteroatoms. The second kappa shape index (κ2) is 6.86. The number of esters is 1. The lowest BCUT2D eigenvalue weighted by Gasteiger charge is -2.36. The molecule has 0 bridgehead atoms. The van der Waals surface area contributed by atoms with Crippen molar-refractivity contribution in [2.75, 3.05) is 12.3 Å². The van der Waals surface area contributed by atoms with Gasteiger partial charge in [-0.25, -0.2) is 9.00 Å². The van der Waals surface area contributed by atoms with Gasteiger partial charge in [0.25, 0.3) is 0 Å². The van der Waals surface area contributed by atoms with E-state index in [1.54, 1.807) is 36.4 Å². The summed E-state index contributed by atoms with van der Waals surface area (Å²) in [6.45, 7) is 0.233. The highest BCUT2D eigenvalue weighted by Crippen LogP contribution is 2.56. The Morgan fingerprint density at radius 3 is 2.53 bits per heavy atom. The fourth-order valence-corrected chi connectivity index (χ4v) is 4.54. The Morgan fingerprint density at radius 1 is 1.00 bits per heavy atom. The van der Waals surface area contributed by atoms with Crippen molar-refractivity contribution < 1.29 is 27.8 Å². The zero-order valence-corrected chi connectivity index (χ0v) is 16.5. The molecule has 0 amide bonds. The third kappa shape index (κ3) is 2.68. The van der Waals surface area contributed by atoms with Gasteiger partial charge in [-0.3, -0.25) is 0 Å². The molecule has 3 N–H and O–H groups in total. The molecule has 2 unspecified atom stereocenters. The molecular weight excluding hydrogens is 406 g/mol. The van der Waals surface area contributed by atoms with Gasteiger partial charge in [-0.05, 0) is 30.3 Å². The van der Waals surface area contributed by atoms with Crippen molar-refractivity contribution in [3.05, 3.63) is 82.9 Å². The SMILES string of the molecule is NCCS(=O)Oc1ccc2c(c1)Oc1cc(O)ccc1C21OC(=O)c2ccccc21. The average molecular weight is 423 g/mol. The lowest BCUT2D eigenvalue weighted by molar-refractivity contribution is 0.0224. The number of hydrogen-bond donors (Lipinski definition) is 2. The van der Waals surface area contributed by atoms with Gasteiger partial charge in [0.2, 0.25) is 11.1 Å². The minimum Gasteiger partial charge on any atom is -0.508 e. The monoisotopic (exact) mass is 423 g/mol. The molecule has 152 valence electrons. The number of ether oxygens (including phenoxy) is 2. The van der Waals surface area contributed by atoms with Crippen LogP contribution >= 0.6 is 0 Å². The van der Waals surface area contributed by atoms with Crippen molar-refractivity contribution in [3.8, 4) is 23.0 Å². The van der Waals surface area contributed by atoms with E-state index in [2.05, 4.69) is 0 Å². The first-order chi connectivity index (χ1) is 14.5. The lowest BCUT2D eigenvalue weighted by atomic mass is 9.77. The normalized spacial score (nSPS) is 19.3. The number of fused-ring (bicyclic) bond motifs is 6. The van der Waals surface area contributed by atoms with E-state index in [1.165, 1.54) is 12.1 Å². The van der Waals surface area contributed by atoms with Gasteiger partial charge in [-0.1, -0.05) is 18.2 Å². The van der Waals surface area contributed by atoms with Gasteiger partial charge in [0.05, 0.1) is 11.3 Å². The molecule has 2 aliphatic heterocycles. The number of aromatic hydroxyl groups is 1. The average Bonchev–Trinajstić information content (AvgIpc) is 3.01. The minimum absolute atomic E-state index is 0.0152. The summed E-state index contributed by atoms with van der Waals surface area (Å²) < 4.78 is 29.4. The second-order valence-corrected chi connectivity index (χ2v) is 8.12. The third-order valence-corrected chi connectivity index (χ3v) is 6.09. The fourth-order valence-electron chi connectivity index (χ4n) is 3.94. The Balaban J connectivity index is 1.72. The van der Waals surface area contributed by atoms with Crippen molar-refractivity contribution in [2.45, 2.75) is 5.60 Å². The van der Waals surface area contributed by atoms with Crippen LogP contribution in [0.4, 0.5) is 0 Å². The second-order valence-electron chi connectivity index (χ2n) is 6.94. The molecule has 2 atom stereocenters. The number of carbonyl (C=O) groups is 1. The molecule has 5 rings (SSSR count). The van der Waals surface area contributed by atoms with E-state index in [0.717, 1.165) is 0 Å². The highest BCUT2D eigenvalue weighted by molar-refractivity contribution is 7.80. The predicted octanol–water partition coefficient (Wildman–Crippen LogP) is 2.96. The number of carbonyl (C=O) groups excluding carboxylic acids is 1. The molecule has 0 aromatic heterocycles. The Labute approximate surface area is 174 Å². The van der Waals surface area contributed by atoms with Crippen LogP contribution in [-0.4, -0.2) is 27.6 Å². The molecule has 0 fully saturated rings. The van der Waals surface area contributed by atoms with Crippen LogP contribution in [0.2, 0.25) is 0 Å². The first-order valence-corrected chi connectivity index (χ1v) is 10.5. The number of phenolic OH excluding ortho intramolecular Hbond substituents is 1. The van der Waals surface area contributed by atoms with Gasteiger partial charge in [0, 0.05) is 35.4 Å². The first kappa shape index (κ1) is 18.7. The van der Waals surface area contributed by atoms with E-state index < -0.39 is 22.7 Å². The van der Waals surface area contributed by atoms with E-state index in [-0.39, 0.29) is 18.0 Å². The molecule has 0 saturated carbocycles. The van der Waals surface area contributed by atoms with Crippen molar-refractivity contribution in [1.29, 1.82) is 0 Å². The summed E-state index contributed by atoms with van der Waals surface area (Å²) in [5, 5.41) is 9.98. The molecule has 1 spiro atoms. The third-order valence-electron chi connectivity index (χ3n) is 5.14. The van der Waals surface area contributed by atoms with Gasteiger partial charge < -0.3 is 24.5 Å². The number of hydrogen-bond acceptors (Lipinski definition) is 7. The van der Waals surface area contributed by atoms with Gasteiger partial charge in [-0.2, -0.15) is 0 Å². The zero-order chi connectivity index (χ0) is 20.9. The van der Waals surface area contributed by atoms with Crippen LogP contribution in [-0.2, 0) is 21.4 Å². The van der Waals surface area contributed by atoms with Crippen LogP contribution in [0.3, 0.4) is 0 Å². The lowest BCUT2D eigenvalue weighted by Crippen LogP contribution is -2.33. The molecule has 3 aromatic carbocycles. The van der Waals surface area contributed by atoms with E-state index in [4.69, 9.17) is 19.4 Å². The van der Waals surface area contributed by atoms with Crippen molar-refractivity contribution in [3.63, 3.8) is 0 Å². The highest BCUT2D eigenvalue weighted by atomic mass is 32.2. The van der Waals surface area contributed by atoms with Crippen LogP contribution in [0.1, 0.15) is 27.0 Å². The van der Waals surface area contributed by atoms with Gasteiger partial charge in [-0.15, -0.1) is 0 Å². The first-order valence-electron chi connectivity index (χ1n) is 9.28. The summed E-state index contributed by atoms with van der Waals surface area (Å²) >= 11 is -1.58. The Morgan fingerprint density at radius 2 is 1.73 bits per heavy atom. The van der Waals surface area contributed by atoms with Crippen molar-refractivity contribution in [1.82, 2.24) is 0 Å². The molecule has 0 aliphatic carbocycles. The van der Waals surface area contributed by atoms with Crippen LogP contribution in [0.25, 0.3) is 0 Å². The van der Waals surface area contributed by atoms with E-state index in [1.807, 2.05) is 12.1 Å². The maximum absolute atomic E-state index is 12.7. The number of nitrogens with two attached hydrogens (primary N) is 1. The zero-order valence-electron chi connectivity index (χ0n) is 15.7. The molecule has 0 saturated heterocycles. The molecule has 3 aromatic rings. The fraction of sp³-hybridized carbons (Fsp3) is 0.136. The summed E-state index contributed by atoms with van der Waals surface area (Å²) in [6.07, 6.45) is 0. The van der Waals surface area contributed by atoms with Crippen molar-refractivity contribution >= 4 is 17.0 Å². The van der Waals surface area contributed by atoms with Crippen LogP contribution in [0.5, 0.6) is 23.0 Å². The van der Waals surface area contributed by atoms with Crippen molar-refractivity contribution in [2.24, 2.45) is 5.73 Å². The topological polar surface area (TPSA) is 108 Å². The molecule has 2 aliphatic rings. The Hall–Kier alpha value is -3.36. The smallest absolute Gasteiger partial charge is 0.340 e. The van der Waals surface area contributed by atoms with E-state index in [0.29, 0.717) is 39.5 Å². The number of benzene rings is 3. The molecule has 0 radical (unpaired) electrons. The summed E-state index contributed by atoms with van der Waals surface area (Å²) in [6, 6.07) is 16.8. The molecule has 2 heterocycles. The van der Waals surface area contributed by atoms with E-state index >= 15 is 0 Å². The maximum Gasteiger partial charge on any atom is 0.340 e. The summed E-state index contributed by atoms with van der Waals surface area (Å²) in [7, 11) is 0. The summed E-state index contributed by atoms with van der Waals surface area (Å²) in [5.41, 5.74) is 6.57. The number of rotatable bonds is 4. The summed E-state index contributed by atoms with van der Waals surface area (Å²) in [4.78, 5) is 12.7. The van der Waals surface area contributed by atoms with Gasteiger partial charge in [0.1, 0.15) is 23.0 Å². The number of phenols is 1. The Bertz CT molecular complexity index is 1210. The summed E-state index contributed by atoms with van der Waals surface area (Å²) in [5.74, 6) is 0.830. The molecule has 7 nitrogen and oxygen atoms in total. The predicted molar refractivity (Wildman–Crippen MR) is 109 cm³/mol. The molecular formula is C22H17NO6S. The quantitative estimate of drug-likeness (QED) is 0.621. The van der Waals surface area contributed by atoms with E-state index in [9.17, 15) is 14.1 Å². The molecule has 30 heavy (non-hydrogen) atoms. The standard InChI is InChI=1S/C22H17NO6S/c23-9-10-30(26)29-14-6-8-18-20(12-14)27-19-11-13(24)5-7-17(19)22(18)16-4-2-1-3-15(16)21(25)28-22/h1-8,11-12,24H,9-10,23H2. The van der Waals surface area contributed by atoms with Gasteiger partial charge in [0.15, 0.2) is 5.60 Å². The van der Waals surface area contributed by atoms with Crippen LogP contribution in [0.15, 0.2) is 60.7 Å². The largest absolute Gasteiger partial charge is 0.508 e. The highest BCUT2D eigenvalue weighted by Gasteiger charge is 2.53.